The van der Waals surface area contributed by atoms with Gasteiger partial charge in [-0.15, -0.1) is 0 Å². The minimum atomic E-state index is -0.492. The molecule has 0 radical (unpaired) electrons. The highest BCUT2D eigenvalue weighted by Gasteiger charge is 2.45. The van der Waals surface area contributed by atoms with Crippen LogP contribution in [-0.4, -0.2) is 10.8 Å². The van der Waals surface area contributed by atoms with Gasteiger partial charge < -0.3 is 10.1 Å². The minimum absolute atomic E-state index is 0.148. The van der Waals surface area contributed by atoms with Crippen LogP contribution >= 0.6 is 0 Å². The van der Waals surface area contributed by atoms with Gasteiger partial charge in [0.25, 0.3) is 0 Å². The zero-order valence-corrected chi connectivity index (χ0v) is 10.5. The van der Waals surface area contributed by atoms with E-state index in [4.69, 9.17) is 4.84 Å². The molecule has 1 heterocycles. The van der Waals surface area contributed by atoms with Gasteiger partial charge in [0.1, 0.15) is 5.92 Å². The summed E-state index contributed by atoms with van der Waals surface area (Å²) in [5, 5.41) is 14.8. The van der Waals surface area contributed by atoms with Gasteiger partial charge in [-0.25, -0.2) is 0 Å². The van der Waals surface area contributed by atoms with Crippen molar-refractivity contribution < 1.29 is 9.76 Å². The van der Waals surface area contributed by atoms with Crippen LogP contribution in [0.2, 0.25) is 0 Å². The molecule has 0 amide bonds. The molecule has 1 aliphatic heterocycles. The standard InChI is InChI=1S/C15H12N2O3/c18-17(19)15-13(11-7-3-1-4-8-11)14(20-16-15)12-9-5-2-6-10-12/h1-10,13-14H/t13-,14-/m1/s1. The van der Waals surface area contributed by atoms with Crippen molar-refractivity contribution in [2.45, 2.75) is 12.0 Å². The summed E-state index contributed by atoms with van der Waals surface area (Å²) in [6.45, 7) is 0. The normalized spacial score (nSPS) is 21.1. The first-order chi connectivity index (χ1) is 9.77. The Morgan fingerprint density at radius 2 is 1.50 bits per heavy atom. The fourth-order valence-electron chi connectivity index (χ4n) is 2.39. The van der Waals surface area contributed by atoms with E-state index in [0.717, 1.165) is 11.1 Å². The van der Waals surface area contributed by atoms with Crippen LogP contribution in [0.15, 0.2) is 65.8 Å². The van der Waals surface area contributed by atoms with Crippen LogP contribution in [0.5, 0.6) is 0 Å². The Bertz CT molecular complexity index is 641. The third kappa shape index (κ3) is 2.14. The van der Waals surface area contributed by atoms with Gasteiger partial charge in [-0.05, 0) is 16.1 Å². The molecule has 0 saturated carbocycles. The lowest BCUT2D eigenvalue weighted by atomic mass is 9.89. The molecule has 0 aliphatic carbocycles. The van der Waals surface area contributed by atoms with E-state index < -0.39 is 16.9 Å². The topological polar surface area (TPSA) is 64.7 Å². The maximum Gasteiger partial charge on any atom is 0.397 e. The Balaban J connectivity index is 2.03. The molecule has 1 aliphatic rings. The lowest BCUT2D eigenvalue weighted by Crippen LogP contribution is -2.21. The number of rotatable bonds is 2. The highest BCUT2D eigenvalue weighted by molar-refractivity contribution is 5.83. The first-order valence-corrected chi connectivity index (χ1v) is 6.25. The summed E-state index contributed by atoms with van der Waals surface area (Å²) < 4.78 is 0. The molecule has 0 fully saturated rings. The van der Waals surface area contributed by atoms with E-state index in [9.17, 15) is 10.1 Å². The molecule has 0 N–H and O–H groups in total. The maximum atomic E-state index is 11.2. The third-order valence-corrected chi connectivity index (χ3v) is 3.31. The van der Waals surface area contributed by atoms with Gasteiger partial charge in [-0.2, -0.15) is 0 Å². The van der Waals surface area contributed by atoms with Crippen LogP contribution in [0.1, 0.15) is 23.1 Å². The predicted molar refractivity (Wildman–Crippen MR) is 73.9 cm³/mol. The van der Waals surface area contributed by atoms with Gasteiger partial charge in [0.15, 0.2) is 11.3 Å². The van der Waals surface area contributed by atoms with Crippen molar-refractivity contribution in [3.8, 4) is 0 Å². The molecule has 20 heavy (non-hydrogen) atoms. The number of nitro groups is 1. The van der Waals surface area contributed by atoms with Crippen molar-refractivity contribution in [1.29, 1.82) is 0 Å². The summed E-state index contributed by atoms with van der Waals surface area (Å²) in [4.78, 5) is 16.0. The number of benzene rings is 2. The maximum absolute atomic E-state index is 11.2. The Morgan fingerprint density at radius 3 is 2.05 bits per heavy atom. The van der Waals surface area contributed by atoms with Crippen LogP contribution in [0, 0.1) is 10.1 Å². The summed E-state index contributed by atoms with van der Waals surface area (Å²) in [6.07, 6.45) is -0.459. The molecule has 0 spiro atoms. The first kappa shape index (κ1) is 12.3. The number of amidine groups is 1. The quantitative estimate of drug-likeness (QED) is 0.620. The molecule has 2 aromatic rings. The molecule has 100 valence electrons. The van der Waals surface area contributed by atoms with E-state index in [2.05, 4.69) is 5.16 Å². The Morgan fingerprint density at radius 1 is 0.950 bits per heavy atom. The molecule has 0 aromatic heterocycles. The van der Waals surface area contributed by atoms with E-state index >= 15 is 0 Å². The molecular formula is C15H12N2O3. The predicted octanol–water partition coefficient (Wildman–Crippen LogP) is 3.13. The third-order valence-electron chi connectivity index (χ3n) is 3.31. The van der Waals surface area contributed by atoms with Gasteiger partial charge in [0, 0.05) is 0 Å². The Hall–Kier alpha value is -2.69. The second-order valence-corrected chi connectivity index (χ2v) is 4.53. The summed E-state index contributed by atoms with van der Waals surface area (Å²) in [6, 6.07) is 18.7. The lowest BCUT2D eigenvalue weighted by molar-refractivity contribution is -0.354. The number of oxime groups is 1. The van der Waals surface area contributed by atoms with Gasteiger partial charge in [-0.1, -0.05) is 60.7 Å². The molecule has 0 unspecified atom stereocenters. The van der Waals surface area contributed by atoms with Crippen LogP contribution in [0.4, 0.5) is 0 Å². The lowest BCUT2D eigenvalue weighted by Gasteiger charge is -2.15. The van der Waals surface area contributed by atoms with Crippen molar-refractivity contribution in [3.63, 3.8) is 0 Å². The fraction of sp³-hybridized carbons (Fsp3) is 0.133. The molecule has 5 nitrogen and oxygen atoms in total. The second-order valence-electron chi connectivity index (χ2n) is 4.53. The smallest absolute Gasteiger partial charge is 0.358 e. The van der Waals surface area contributed by atoms with Gasteiger partial charge in [0.2, 0.25) is 0 Å². The highest BCUT2D eigenvalue weighted by atomic mass is 16.7. The van der Waals surface area contributed by atoms with E-state index in [1.165, 1.54) is 0 Å². The van der Waals surface area contributed by atoms with Crippen LogP contribution < -0.4 is 0 Å². The average molecular weight is 268 g/mol. The highest BCUT2D eigenvalue weighted by Crippen LogP contribution is 2.39. The molecular weight excluding hydrogens is 256 g/mol. The zero-order valence-electron chi connectivity index (χ0n) is 10.5. The SMILES string of the molecule is O=[N+]([O-])C1=NO[C@H](c2ccccc2)[C@H]1c1ccccc1. The summed E-state index contributed by atoms with van der Waals surface area (Å²) in [5.41, 5.74) is 1.70. The zero-order chi connectivity index (χ0) is 13.9. The van der Waals surface area contributed by atoms with Crippen molar-refractivity contribution >= 4 is 5.84 Å². The molecule has 2 atom stereocenters. The largest absolute Gasteiger partial charge is 0.397 e. The van der Waals surface area contributed by atoms with E-state index in [-0.39, 0.29) is 5.84 Å². The van der Waals surface area contributed by atoms with E-state index in [1.807, 2.05) is 60.7 Å². The van der Waals surface area contributed by atoms with Crippen molar-refractivity contribution in [3.05, 3.63) is 81.9 Å². The summed E-state index contributed by atoms with van der Waals surface area (Å²) in [7, 11) is 0. The Kier molecular flexibility index (Phi) is 3.16. The van der Waals surface area contributed by atoms with Crippen LogP contribution in [-0.2, 0) is 4.84 Å². The molecule has 0 saturated heterocycles. The van der Waals surface area contributed by atoms with Crippen molar-refractivity contribution in [2.75, 3.05) is 0 Å². The number of hydrogen-bond acceptors (Lipinski definition) is 4. The van der Waals surface area contributed by atoms with Crippen molar-refractivity contribution in [2.24, 2.45) is 5.16 Å². The average Bonchev–Trinajstić information content (AvgIpc) is 2.94. The monoisotopic (exact) mass is 268 g/mol. The molecule has 3 rings (SSSR count). The van der Waals surface area contributed by atoms with Crippen LogP contribution in [0.25, 0.3) is 0 Å². The van der Waals surface area contributed by atoms with E-state index in [0.29, 0.717) is 0 Å². The fourth-order valence-corrected chi connectivity index (χ4v) is 2.39. The number of nitrogens with zero attached hydrogens (tertiary/aromatic N) is 2. The summed E-state index contributed by atoms with van der Waals surface area (Å²) in [5.74, 6) is -0.640. The minimum Gasteiger partial charge on any atom is -0.358 e. The second kappa shape index (κ2) is 5.13. The van der Waals surface area contributed by atoms with Gasteiger partial charge >= 0.3 is 5.84 Å². The molecule has 2 aromatic carbocycles. The van der Waals surface area contributed by atoms with Gasteiger partial charge in [-0.3, -0.25) is 4.84 Å². The van der Waals surface area contributed by atoms with Gasteiger partial charge in [0.05, 0.1) is 0 Å². The molecule has 5 heteroatoms. The summed E-state index contributed by atoms with van der Waals surface area (Å²) >= 11 is 0. The van der Waals surface area contributed by atoms with Crippen LogP contribution in [0.3, 0.4) is 0 Å². The Labute approximate surface area is 115 Å². The van der Waals surface area contributed by atoms with Crippen molar-refractivity contribution in [1.82, 2.24) is 0 Å². The first-order valence-electron chi connectivity index (χ1n) is 6.25. The molecule has 0 bridgehead atoms. The van der Waals surface area contributed by atoms with E-state index in [1.54, 1.807) is 0 Å². The number of hydrogen-bond donors (Lipinski definition) is 0.